The molecule has 0 spiro atoms. The van der Waals surface area contributed by atoms with Gasteiger partial charge in [-0.05, 0) is 67.3 Å². The molecule has 0 radical (unpaired) electrons. The highest BCUT2D eigenvalue weighted by molar-refractivity contribution is 5.96. The number of aromatic nitrogens is 3. The number of carbonyl (C=O) groups excluding carboxylic acids is 1. The van der Waals surface area contributed by atoms with Crippen molar-refractivity contribution in [3.05, 3.63) is 90.0 Å². The summed E-state index contributed by atoms with van der Waals surface area (Å²) >= 11 is 0. The molecule has 0 unspecified atom stereocenters. The Bertz CT molecular complexity index is 1210. The van der Waals surface area contributed by atoms with E-state index in [0.29, 0.717) is 11.9 Å². The average molecular weight is 482 g/mol. The molecular weight excluding hydrogens is 450 g/mol. The van der Waals surface area contributed by atoms with Crippen molar-refractivity contribution in [1.82, 2.24) is 15.0 Å². The molecule has 4 rings (SSSR count). The standard InChI is InChI=1S/C28H31N7O/c1-4-20-11-15-23(16-12-20)31-27-33-26(29-19(3)25(36)30-22-9-7-6-8-10-22)34-28(35-27)32-24-17-13-21(5-2)14-18-24/h6-19H,4-5H2,1-3H3,(H,30,36)(H3,29,31,32,33,34,35)/t19-/m0/s1. The lowest BCUT2D eigenvalue weighted by molar-refractivity contribution is -0.116. The van der Waals surface area contributed by atoms with Crippen molar-refractivity contribution in [2.75, 3.05) is 21.3 Å². The molecular formula is C28H31N7O. The number of anilines is 6. The molecule has 0 fully saturated rings. The van der Waals surface area contributed by atoms with Crippen LogP contribution in [0, 0.1) is 0 Å². The average Bonchev–Trinajstić information content (AvgIpc) is 2.90. The van der Waals surface area contributed by atoms with Gasteiger partial charge in [-0.1, -0.05) is 56.3 Å². The highest BCUT2D eigenvalue weighted by atomic mass is 16.2. The second-order valence-electron chi connectivity index (χ2n) is 8.38. The largest absolute Gasteiger partial charge is 0.342 e. The van der Waals surface area contributed by atoms with Crippen molar-refractivity contribution >= 4 is 40.8 Å². The normalized spacial score (nSPS) is 11.4. The van der Waals surface area contributed by atoms with Crippen molar-refractivity contribution in [1.29, 1.82) is 0 Å². The zero-order chi connectivity index (χ0) is 25.3. The highest BCUT2D eigenvalue weighted by Gasteiger charge is 2.16. The van der Waals surface area contributed by atoms with E-state index in [9.17, 15) is 4.79 Å². The Hall–Kier alpha value is -4.46. The van der Waals surface area contributed by atoms with Gasteiger partial charge in [-0.15, -0.1) is 0 Å². The smallest absolute Gasteiger partial charge is 0.246 e. The number of benzene rings is 3. The van der Waals surface area contributed by atoms with Crippen LogP contribution in [0.1, 0.15) is 31.9 Å². The molecule has 1 heterocycles. The summed E-state index contributed by atoms with van der Waals surface area (Å²) in [4.78, 5) is 26.3. The number of rotatable bonds is 10. The van der Waals surface area contributed by atoms with Crippen LogP contribution in [-0.2, 0) is 17.6 Å². The number of hydrogen-bond donors (Lipinski definition) is 4. The number of carbonyl (C=O) groups is 1. The first-order valence-corrected chi connectivity index (χ1v) is 12.1. The summed E-state index contributed by atoms with van der Waals surface area (Å²) in [6, 6.07) is 24.9. The molecule has 1 amide bonds. The first kappa shape index (κ1) is 24.7. The summed E-state index contributed by atoms with van der Waals surface area (Å²) < 4.78 is 0. The Kier molecular flexibility index (Phi) is 8.08. The Balaban J connectivity index is 1.55. The second kappa shape index (κ2) is 11.8. The van der Waals surface area contributed by atoms with Gasteiger partial charge in [-0.3, -0.25) is 4.79 Å². The van der Waals surface area contributed by atoms with E-state index in [1.54, 1.807) is 6.92 Å². The lowest BCUT2D eigenvalue weighted by atomic mass is 10.1. The van der Waals surface area contributed by atoms with E-state index in [1.807, 2.05) is 54.6 Å². The number of nitrogens with one attached hydrogen (secondary N) is 4. The van der Waals surface area contributed by atoms with E-state index in [0.717, 1.165) is 29.9 Å². The van der Waals surface area contributed by atoms with E-state index in [1.165, 1.54) is 11.1 Å². The third-order valence-electron chi connectivity index (χ3n) is 5.65. The number of nitrogens with zero attached hydrogens (tertiary/aromatic N) is 3. The van der Waals surface area contributed by atoms with Crippen LogP contribution in [0.2, 0.25) is 0 Å². The van der Waals surface area contributed by atoms with Gasteiger partial charge in [-0.2, -0.15) is 15.0 Å². The zero-order valence-corrected chi connectivity index (χ0v) is 20.7. The summed E-state index contributed by atoms with van der Waals surface area (Å²) in [5, 5.41) is 12.5. The van der Waals surface area contributed by atoms with Crippen LogP contribution < -0.4 is 21.3 Å². The molecule has 1 aromatic heterocycles. The first-order valence-electron chi connectivity index (χ1n) is 12.1. The van der Waals surface area contributed by atoms with E-state index in [2.05, 4.69) is 74.3 Å². The summed E-state index contributed by atoms with van der Waals surface area (Å²) in [5.41, 5.74) is 4.93. The van der Waals surface area contributed by atoms with Gasteiger partial charge in [-0.25, -0.2) is 0 Å². The number of para-hydroxylation sites is 1. The molecule has 8 heteroatoms. The number of aryl methyl sites for hydroxylation is 2. The molecule has 1 atom stereocenters. The van der Waals surface area contributed by atoms with Gasteiger partial charge in [0.25, 0.3) is 0 Å². The van der Waals surface area contributed by atoms with Crippen molar-refractivity contribution in [2.45, 2.75) is 39.7 Å². The maximum Gasteiger partial charge on any atom is 0.246 e. The summed E-state index contributed by atoms with van der Waals surface area (Å²) in [5.74, 6) is 0.803. The molecule has 0 aliphatic carbocycles. The molecule has 4 N–H and O–H groups in total. The molecule has 184 valence electrons. The monoisotopic (exact) mass is 481 g/mol. The summed E-state index contributed by atoms with van der Waals surface area (Å²) in [6.07, 6.45) is 1.93. The van der Waals surface area contributed by atoms with Gasteiger partial charge in [0.1, 0.15) is 6.04 Å². The number of hydrogen-bond acceptors (Lipinski definition) is 7. The van der Waals surface area contributed by atoms with Gasteiger partial charge in [0.15, 0.2) is 0 Å². The zero-order valence-electron chi connectivity index (χ0n) is 20.7. The molecule has 0 bridgehead atoms. The lowest BCUT2D eigenvalue weighted by Crippen LogP contribution is -2.32. The van der Waals surface area contributed by atoms with Crippen LogP contribution in [-0.4, -0.2) is 26.9 Å². The minimum absolute atomic E-state index is 0.198. The second-order valence-corrected chi connectivity index (χ2v) is 8.38. The van der Waals surface area contributed by atoms with E-state index in [4.69, 9.17) is 0 Å². The molecule has 36 heavy (non-hydrogen) atoms. The van der Waals surface area contributed by atoms with Gasteiger partial charge in [0.2, 0.25) is 23.8 Å². The Morgan fingerprint density at radius 3 is 1.61 bits per heavy atom. The fraction of sp³-hybridized carbons (Fsp3) is 0.214. The summed E-state index contributed by atoms with van der Waals surface area (Å²) in [7, 11) is 0. The Morgan fingerprint density at radius 2 is 1.14 bits per heavy atom. The first-order chi connectivity index (χ1) is 17.5. The third-order valence-corrected chi connectivity index (χ3v) is 5.65. The Labute approximate surface area is 211 Å². The fourth-order valence-electron chi connectivity index (χ4n) is 3.49. The van der Waals surface area contributed by atoms with Crippen molar-refractivity contribution in [3.8, 4) is 0 Å². The molecule has 0 saturated carbocycles. The van der Waals surface area contributed by atoms with Crippen LogP contribution in [0.15, 0.2) is 78.9 Å². The van der Waals surface area contributed by atoms with Crippen LogP contribution in [0.25, 0.3) is 0 Å². The molecule has 0 saturated heterocycles. The minimum Gasteiger partial charge on any atom is -0.342 e. The topological polar surface area (TPSA) is 104 Å². The van der Waals surface area contributed by atoms with Gasteiger partial charge < -0.3 is 21.3 Å². The van der Waals surface area contributed by atoms with Crippen LogP contribution >= 0.6 is 0 Å². The van der Waals surface area contributed by atoms with Gasteiger partial charge in [0, 0.05) is 17.1 Å². The van der Waals surface area contributed by atoms with Crippen molar-refractivity contribution in [2.24, 2.45) is 0 Å². The quantitative estimate of drug-likeness (QED) is 0.223. The van der Waals surface area contributed by atoms with Crippen LogP contribution in [0.3, 0.4) is 0 Å². The Morgan fingerprint density at radius 1 is 0.667 bits per heavy atom. The van der Waals surface area contributed by atoms with Crippen molar-refractivity contribution in [3.63, 3.8) is 0 Å². The van der Waals surface area contributed by atoms with Gasteiger partial charge >= 0.3 is 0 Å². The van der Waals surface area contributed by atoms with Gasteiger partial charge in [0.05, 0.1) is 0 Å². The van der Waals surface area contributed by atoms with E-state index >= 15 is 0 Å². The van der Waals surface area contributed by atoms with Crippen molar-refractivity contribution < 1.29 is 4.79 Å². The predicted octanol–water partition coefficient (Wildman–Crippen LogP) is 5.92. The lowest BCUT2D eigenvalue weighted by Gasteiger charge is -2.16. The maximum absolute atomic E-state index is 12.7. The van der Waals surface area contributed by atoms with E-state index < -0.39 is 6.04 Å². The SMILES string of the molecule is CCc1ccc(Nc2nc(Nc3ccc(CC)cc3)nc(N[C@@H](C)C(=O)Nc3ccccc3)n2)cc1. The summed E-state index contributed by atoms with van der Waals surface area (Å²) in [6.45, 7) is 5.99. The highest BCUT2D eigenvalue weighted by Crippen LogP contribution is 2.20. The molecule has 0 aliphatic heterocycles. The van der Waals surface area contributed by atoms with Crippen LogP contribution in [0.5, 0.6) is 0 Å². The van der Waals surface area contributed by atoms with Crippen LogP contribution in [0.4, 0.5) is 34.9 Å². The molecule has 8 nitrogen and oxygen atoms in total. The number of amides is 1. The maximum atomic E-state index is 12.7. The van der Waals surface area contributed by atoms with E-state index in [-0.39, 0.29) is 11.9 Å². The fourth-order valence-corrected chi connectivity index (χ4v) is 3.49. The molecule has 4 aromatic rings. The predicted molar refractivity (Wildman–Crippen MR) is 146 cm³/mol. The minimum atomic E-state index is -0.582. The molecule has 0 aliphatic rings. The molecule has 3 aromatic carbocycles. The third kappa shape index (κ3) is 6.79.